The van der Waals surface area contributed by atoms with Gasteiger partial charge in [0.15, 0.2) is 11.5 Å². The van der Waals surface area contributed by atoms with Crippen molar-refractivity contribution in [2.45, 2.75) is 20.0 Å². The standard InChI is InChI=1S/C29H28N2O4/c1-3-34-28-17-22(19-30-31-29(32)18-21-11-14-25(33-2)15-12-21)13-16-27(28)35-20-24-9-6-8-23-7-4-5-10-26(23)24/h4-17,19H,3,18,20H2,1-2H3,(H,31,32). The molecule has 0 saturated carbocycles. The van der Waals surface area contributed by atoms with Gasteiger partial charge in [-0.05, 0) is 64.7 Å². The van der Waals surface area contributed by atoms with Crippen LogP contribution in [0.1, 0.15) is 23.6 Å². The van der Waals surface area contributed by atoms with Gasteiger partial charge in [-0.15, -0.1) is 0 Å². The van der Waals surface area contributed by atoms with Crippen LogP contribution in [0.3, 0.4) is 0 Å². The van der Waals surface area contributed by atoms with Gasteiger partial charge >= 0.3 is 0 Å². The number of methoxy groups -OCH3 is 1. The highest BCUT2D eigenvalue weighted by molar-refractivity contribution is 5.86. The molecule has 1 amide bonds. The van der Waals surface area contributed by atoms with Crippen molar-refractivity contribution in [2.24, 2.45) is 5.10 Å². The van der Waals surface area contributed by atoms with Crippen molar-refractivity contribution < 1.29 is 19.0 Å². The maximum Gasteiger partial charge on any atom is 0.244 e. The Hall–Kier alpha value is -4.32. The Labute approximate surface area is 205 Å². The van der Waals surface area contributed by atoms with Gasteiger partial charge in [0.1, 0.15) is 12.4 Å². The molecule has 0 heterocycles. The molecule has 0 aliphatic carbocycles. The van der Waals surface area contributed by atoms with Gasteiger partial charge in [0.25, 0.3) is 0 Å². The maximum absolute atomic E-state index is 12.2. The van der Waals surface area contributed by atoms with E-state index in [0.29, 0.717) is 24.7 Å². The molecule has 0 bridgehead atoms. The Bertz CT molecular complexity index is 1310. The lowest BCUT2D eigenvalue weighted by Gasteiger charge is -2.13. The van der Waals surface area contributed by atoms with E-state index in [1.165, 1.54) is 10.8 Å². The molecule has 4 aromatic rings. The minimum absolute atomic E-state index is 0.202. The SMILES string of the molecule is CCOc1cc(C=NNC(=O)Cc2ccc(OC)cc2)ccc1OCc1cccc2ccccc12. The summed E-state index contributed by atoms with van der Waals surface area (Å²) in [6.07, 6.45) is 1.81. The molecule has 0 aromatic heterocycles. The van der Waals surface area contributed by atoms with E-state index in [4.69, 9.17) is 14.2 Å². The fraction of sp³-hybridized carbons (Fsp3) is 0.172. The Kier molecular flexibility index (Phi) is 7.96. The number of nitrogens with zero attached hydrogens (tertiary/aromatic N) is 1. The van der Waals surface area contributed by atoms with Crippen molar-refractivity contribution in [3.05, 3.63) is 102 Å². The molecule has 0 saturated heterocycles. The normalized spacial score (nSPS) is 10.9. The van der Waals surface area contributed by atoms with Crippen LogP contribution in [0.25, 0.3) is 10.8 Å². The first kappa shape index (κ1) is 23.8. The second kappa shape index (κ2) is 11.7. The Balaban J connectivity index is 1.39. The third-order valence-corrected chi connectivity index (χ3v) is 5.46. The van der Waals surface area contributed by atoms with Crippen molar-refractivity contribution >= 4 is 22.9 Å². The van der Waals surface area contributed by atoms with Crippen LogP contribution in [-0.2, 0) is 17.8 Å². The quantitative estimate of drug-likeness (QED) is 0.246. The number of hydrogen-bond donors (Lipinski definition) is 1. The number of ether oxygens (including phenoxy) is 3. The number of fused-ring (bicyclic) bond motifs is 1. The van der Waals surface area contributed by atoms with Crippen molar-refractivity contribution in [1.82, 2.24) is 5.43 Å². The monoisotopic (exact) mass is 468 g/mol. The van der Waals surface area contributed by atoms with Gasteiger partial charge in [0.05, 0.1) is 26.4 Å². The number of hydrazone groups is 1. The van der Waals surface area contributed by atoms with Crippen LogP contribution in [0.4, 0.5) is 0 Å². The van der Waals surface area contributed by atoms with Crippen LogP contribution in [0.15, 0.2) is 90.0 Å². The molecule has 0 aliphatic heterocycles. The molecule has 0 radical (unpaired) electrons. The van der Waals surface area contributed by atoms with Crippen LogP contribution in [0, 0.1) is 0 Å². The number of nitrogens with one attached hydrogen (secondary N) is 1. The summed E-state index contributed by atoms with van der Waals surface area (Å²) in [5.41, 5.74) is 5.34. The van der Waals surface area contributed by atoms with E-state index in [-0.39, 0.29) is 12.3 Å². The van der Waals surface area contributed by atoms with E-state index in [1.807, 2.05) is 67.6 Å². The van der Waals surface area contributed by atoms with E-state index in [2.05, 4.69) is 34.8 Å². The van der Waals surface area contributed by atoms with Crippen molar-refractivity contribution in [2.75, 3.05) is 13.7 Å². The van der Waals surface area contributed by atoms with Gasteiger partial charge in [0, 0.05) is 0 Å². The topological polar surface area (TPSA) is 69.2 Å². The lowest BCUT2D eigenvalue weighted by molar-refractivity contribution is -0.120. The first-order valence-electron chi connectivity index (χ1n) is 11.5. The maximum atomic E-state index is 12.2. The first-order chi connectivity index (χ1) is 17.2. The number of hydrogen-bond acceptors (Lipinski definition) is 5. The summed E-state index contributed by atoms with van der Waals surface area (Å²) in [5.74, 6) is 1.83. The molecule has 35 heavy (non-hydrogen) atoms. The minimum Gasteiger partial charge on any atom is -0.497 e. The predicted molar refractivity (Wildman–Crippen MR) is 138 cm³/mol. The lowest BCUT2D eigenvalue weighted by atomic mass is 10.1. The van der Waals surface area contributed by atoms with Crippen molar-refractivity contribution in [3.8, 4) is 17.2 Å². The van der Waals surface area contributed by atoms with Crippen LogP contribution in [0.2, 0.25) is 0 Å². The molecule has 4 aromatic carbocycles. The van der Waals surface area contributed by atoms with E-state index < -0.39 is 0 Å². The zero-order chi connectivity index (χ0) is 24.5. The smallest absolute Gasteiger partial charge is 0.244 e. The molecule has 178 valence electrons. The van der Waals surface area contributed by atoms with Crippen LogP contribution in [-0.4, -0.2) is 25.8 Å². The van der Waals surface area contributed by atoms with E-state index in [0.717, 1.165) is 22.4 Å². The van der Waals surface area contributed by atoms with Crippen LogP contribution >= 0.6 is 0 Å². The minimum atomic E-state index is -0.202. The molecule has 4 rings (SSSR count). The van der Waals surface area contributed by atoms with E-state index in [1.54, 1.807) is 13.3 Å². The number of benzene rings is 4. The third kappa shape index (κ3) is 6.38. The van der Waals surface area contributed by atoms with Gasteiger partial charge in [-0.1, -0.05) is 54.6 Å². The Morgan fingerprint density at radius 3 is 2.51 bits per heavy atom. The summed E-state index contributed by atoms with van der Waals surface area (Å²) in [5, 5.41) is 6.43. The van der Waals surface area contributed by atoms with E-state index >= 15 is 0 Å². The van der Waals surface area contributed by atoms with Gasteiger partial charge in [-0.25, -0.2) is 5.43 Å². The largest absolute Gasteiger partial charge is 0.497 e. The van der Waals surface area contributed by atoms with Crippen LogP contribution in [0.5, 0.6) is 17.2 Å². The first-order valence-corrected chi connectivity index (χ1v) is 11.5. The van der Waals surface area contributed by atoms with Gasteiger partial charge in [-0.2, -0.15) is 5.10 Å². The average molecular weight is 469 g/mol. The highest BCUT2D eigenvalue weighted by Gasteiger charge is 2.08. The highest BCUT2D eigenvalue weighted by Crippen LogP contribution is 2.30. The van der Waals surface area contributed by atoms with Crippen molar-refractivity contribution in [1.29, 1.82) is 0 Å². The van der Waals surface area contributed by atoms with Crippen LogP contribution < -0.4 is 19.6 Å². The number of carbonyl (C=O) groups is 1. The van der Waals surface area contributed by atoms with Gasteiger partial charge in [-0.3, -0.25) is 4.79 Å². The summed E-state index contributed by atoms with van der Waals surface area (Å²) >= 11 is 0. The summed E-state index contributed by atoms with van der Waals surface area (Å²) in [6, 6.07) is 27.4. The molecule has 0 fully saturated rings. The fourth-order valence-electron chi connectivity index (χ4n) is 3.71. The number of rotatable bonds is 10. The molecule has 0 spiro atoms. The molecule has 0 unspecified atom stereocenters. The summed E-state index contributed by atoms with van der Waals surface area (Å²) < 4.78 is 17.0. The lowest BCUT2D eigenvalue weighted by Crippen LogP contribution is -2.19. The molecule has 1 N–H and O–H groups in total. The molecule has 0 atom stereocenters. The molecule has 6 nitrogen and oxygen atoms in total. The molecular formula is C29H28N2O4. The Morgan fingerprint density at radius 2 is 1.71 bits per heavy atom. The summed E-state index contributed by atoms with van der Waals surface area (Å²) in [6.45, 7) is 2.86. The predicted octanol–water partition coefficient (Wildman–Crippen LogP) is 5.52. The number of carbonyl (C=O) groups excluding carboxylic acids is 1. The summed E-state index contributed by atoms with van der Waals surface area (Å²) in [4.78, 5) is 12.2. The zero-order valence-electron chi connectivity index (χ0n) is 19.9. The average Bonchev–Trinajstić information content (AvgIpc) is 2.89. The Morgan fingerprint density at radius 1 is 0.914 bits per heavy atom. The molecule has 6 heteroatoms. The zero-order valence-corrected chi connectivity index (χ0v) is 19.9. The summed E-state index contributed by atoms with van der Waals surface area (Å²) in [7, 11) is 1.61. The second-order valence-electron chi connectivity index (χ2n) is 7.88. The van der Waals surface area contributed by atoms with Gasteiger partial charge in [0.2, 0.25) is 5.91 Å². The molecule has 0 aliphatic rings. The molecular weight excluding hydrogens is 440 g/mol. The second-order valence-corrected chi connectivity index (χ2v) is 7.88. The third-order valence-electron chi connectivity index (χ3n) is 5.46. The number of amides is 1. The van der Waals surface area contributed by atoms with E-state index in [9.17, 15) is 4.79 Å². The van der Waals surface area contributed by atoms with Crippen molar-refractivity contribution in [3.63, 3.8) is 0 Å². The fourth-order valence-corrected chi connectivity index (χ4v) is 3.71. The van der Waals surface area contributed by atoms with Gasteiger partial charge < -0.3 is 14.2 Å². The highest BCUT2D eigenvalue weighted by atomic mass is 16.5.